The number of nitrogens with one attached hydrogen (secondary N) is 1. The highest BCUT2D eigenvalue weighted by Gasteiger charge is 2.13. The number of halogens is 1. The van der Waals surface area contributed by atoms with E-state index in [0.717, 1.165) is 42.5 Å². The van der Waals surface area contributed by atoms with Gasteiger partial charge in [-0.3, -0.25) is 0 Å². The molecule has 0 amide bonds. The zero-order valence-corrected chi connectivity index (χ0v) is 14.0. The summed E-state index contributed by atoms with van der Waals surface area (Å²) in [5, 5.41) is 4.18. The van der Waals surface area contributed by atoms with Crippen LogP contribution in [0.15, 0.2) is 18.2 Å². The van der Waals surface area contributed by atoms with E-state index >= 15 is 0 Å². The Hall–Kier alpha value is -0.770. The third-order valence-corrected chi connectivity index (χ3v) is 4.26. The summed E-state index contributed by atoms with van der Waals surface area (Å²) in [6.45, 7) is 9.61. The van der Waals surface area contributed by atoms with Gasteiger partial charge in [-0.2, -0.15) is 0 Å². The van der Waals surface area contributed by atoms with Crippen molar-refractivity contribution in [1.29, 1.82) is 0 Å². The van der Waals surface area contributed by atoms with Crippen LogP contribution >= 0.6 is 11.6 Å². The molecule has 118 valence electrons. The SMILES string of the molecule is CCNC(C)c1cc(Cl)ccc1OCCCN1CCCC1. The van der Waals surface area contributed by atoms with Crippen molar-refractivity contribution in [2.24, 2.45) is 0 Å². The molecule has 1 unspecified atom stereocenters. The van der Waals surface area contributed by atoms with Gasteiger partial charge in [0.2, 0.25) is 0 Å². The predicted octanol–water partition coefficient (Wildman–Crippen LogP) is 3.88. The van der Waals surface area contributed by atoms with Crippen LogP contribution in [-0.2, 0) is 0 Å². The predicted molar refractivity (Wildman–Crippen MR) is 89.3 cm³/mol. The number of ether oxygens (including phenoxy) is 1. The maximum Gasteiger partial charge on any atom is 0.124 e. The number of rotatable bonds is 8. The van der Waals surface area contributed by atoms with E-state index in [9.17, 15) is 0 Å². The number of hydrogen-bond acceptors (Lipinski definition) is 3. The molecule has 0 spiro atoms. The second-order valence-corrected chi connectivity index (χ2v) is 6.15. The van der Waals surface area contributed by atoms with Crippen molar-refractivity contribution in [1.82, 2.24) is 10.2 Å². The molecule has 1 aromatic carbocycles. The van der Waals surface area contributed by atoms with Crippen LogP contribution in [0.3, 0.4) is 0 Å². The fourth-order valence-electron chi connectivity index (χ4n) is 2.88. The lowest BCUT2D eigenvalue weighted by molar-refractivity contribution is 0.260. The Labute approximate surface area is 133 Å². The molecule has 1 atom stereocenters. The normalized spacial score (nSPS) is 17.1. The lowest BCUT2D eigenvalue weighted by atomic mass is 10.1. The first-order valence-electron chi connectivity index (χ1n) is 8.08. The molecule has 3 nitrogen and oxygen atoms in total. The molecular weight excluding hydrogens is 284 g/mol. The van der Waals surface area contributed by atoms with Crippen LogP contribution < -0.4 is 10.1 Å². The highest BCUT2D eigenvalue weighted by atomic mass is 35.5. The summed E-state index contributed by atoms with van der Waals surface area (Å²) in [5.74, 6) is 0.953. The van der Waals surface area contributed by atoms with Gasteiger partial charge in [0.15, 0.2) is 0 Å². The molecule has 0 aromatic heterocycles. The quantitative estimate of drug-likeness (QED) is 0.738. The number of hydrogen-bond donors (Lipinski definition) is 1. The molecule has 1 fully saturated rings. The van der Waals surface area contributed by atoms with Gasteiger partial charge in [-0.05, 0) is 64.0 Å². The Balaban J connectivity index is 1.86. The molecule has 0 aliphatic carbocycles. The zero-order chi connectivity index (χ0) is 15.1. The molecule has 1 aromatic rings. The summed E-state index contributed by atoms with van der Waals surface area (Å²) in [6.07, 6.45) is 3.78. The number of likely N-dealkylation sites (tertiary alicyclic amines) is 1. The van der Waals surface area contributed by atoms with Crippen LogP contribution in [-0.4, -0.2) is 37.7 Å². The van der Waals surface area contributed by atoms with E-state index in [1.165, 1.54) is 25.9 Å². The summed E-state index contributed by atoms with van der Waals surface area (Å²) >= 11 is 6.12. The van der Waals surface area contributed by atoms with Crippen molar-refractivity contribution in [3.8, 4) is 5.75 Å². The van der Waals surface area contributed by atoms with Gasteiger partial charge in [0.25, 0.3) is 0 Å². The summed E-state index contributed by atoms with van der Waals surface area (Å²) in [7, 11) is 0. The molecule has 1 N–H and O–H groups in total. The van der Waals surface area contributed by atoms with E-state index in [1.807, 2.05) is 18.2 Å². The first kappa shape index (κ1) is 16.6. The van der Waals surface area contributed by atoms with Gasteiger partial charge in [0, 0.05) is 23.2 Å². The highest BCUT2D eigenvalue weighted by Crippen LogP contribution is 2.28. The Morgan fingerprint density at radius 1 is 1.33 bits per heavy atom. The van der Waals surface area contributed by atoms with Gasteiger partial charge < -0.3 is 15.0 Å². The van der Waals surface area contributed by atoms with Crippen molar-refractivity contribution >= 4 is 11.6 Å². The van der Waals surface area contributed by atoms with Crippen molar-refractivity contribution in [3.05, 3.63) is 28.8 Å². The van der Waals surface area contributed by atoms with Crippen molar-refractivity contribution in [3.63, 3.8) is 0 Å². The average Bonchev–Trinajstić information content (AvgIpc) is 2.98. The van der Waals surface area contributed by atoms with Crippen LogP contribution in [0.2, 0.25) is 5.02 Å². The van der Waals surface area contributed by atoms with Gasteiger partial charge in [0.1, 0.15) is 5.75 Å². The van der Waals surface area contributed by atoms with E-state index in [4.69, 9.17) is 16.3 Å². The second kappa shape index (κ2) is 8.62. The van der Waals surface area contributed by atoms with E-state index in [-0.39, 0.29) is 6.04 Å². The smallest absolute Gasteiger partial charge is 0.124 e. The Kier molecular flexibility index (Phi) is 6.81. The lowest BCUT2D eigenvalue weighted by Gasteiger charge is -2.19. The Morgan fingerprint density at radius 2 is 2.10 bits per heavy atom. The van der Waals surface area contributed by atoms with E-state index in [2.05, 4.69) is 24.1 Å². The van der Waals surface area contributed by atoms with Crippen LogP contribution in [0.1, 0.15) is 44.7 Å². The van der Waals surface area contributed by atoms with Gasteiger partial charge in [-0.1, -0.05) is 18.5 Å². The largest absolute Gasteiger partial charge is 0.493 e. The molecule has 0 radical (unpaired) electrons. The molecular formula is C17H27ClN2O. The Morgan fingerprint density at radius 3 is 2.81 bits per heavy atom. The van der Waals surface area contributed by atoms with Crippen LogP contribution in [0.25, 0.3) is 0 Å². The minimum Gasteiger partial charge on any atom is -0.493 e. The first-order chi connectivity index (χ1) is 10.2. The third-order valence-electron chi connectivity index (χ3n) is 4.02. The minimum absolute atomic E-state index is 0.252. The van der Waals surface area contributed by atoms with Gasteiger partial charge >= 0.3 is 0 Å². The summed E-state index contributed by atoms with van der Waals surface area (Å²) < 4.78 is 5.99. The van der Waals surface area contributed by atoms with Crippen LogP contribution in [0.5, 0.6) is 5.75 Å². The average molecular weight is 311 g/mol. The molecule has 4 heteroatoms. The van der Waals surface area contributed by atoms with E-state index in [1.54, 1.807) is 0 Å². The maximum absolute atomic E-state index is 6.12. The molecule has 1 aliphatic rings. The molecule has 2 rings (SSSR count). The molecule has 0 saturated carbocycles. The van der Waals surface area contributed by atoms with Gasteiger partial charge in [-0.15, -0.1) is 0 Å². The summed E-state index contributed by atoms with van der Waals surface area (Å²) in [4.78, 5) is 2.52. The maximum atomic E-state index is 6.12. The number of nitrogens with zero attached hydrogens (tertiary/aromatic N) is 1. The van der Waals surface area contributed by atoms with Gasteiger partial charge in [0.05, 0.1) is 6.61 Å². The van der Waals surface area contributed by atoms with E-state index < -0.39 is 0 Å². The fourth-order valence-corrected chi connectivity index (χ4v) is 3.06. The summed E-state index contributed by atoms with van der Waals surface area (Å²) in [5.41, 5.74) is 1.14. The van der Waals surface area contributed by atoms with Crippen molar-refractivity contribution in [2.75, 3.05) is 32.8 Å². The highest BCUT2D eigenvalue weighted by molar-refractivity contribution is 6.30. The zero-order valence-electron chi connectivity index (χ0n) is 13.2. The standard InChI is InChI=1S/C17H27ClN2O/c1-3-19-14(2)16-13-15(18)7-8-17(16)21-12-6-11-20-9-4-5-10-20/h7-8,13-14,19H,3-6,9-12H2,1-2H3. The van der Waals surface area contributed by atoms with Crippen LogP contribution in [0, 0.1) is 0 Å². The third kappa shape index (κ3) is 5.17. The van der Waals surface area contributed by atoms with Gasteiger partial charge in [-0.25, -0.2) is 0 Å². The van der Waals surface area contributed by atoms with Crippen molar-refractivity contribution in [2.45, 2.75) is 39.2 Å². The van der Waals surface area contributed by atoms with Crippen molar-refractivity contribution < 1.29 is 4.74 Å². The Bertz CT molecular complexity index is 433. The molecule has 1 heterocycles. The molecule has 1 aliphatic heterocycles. The fraction of sp³-hybridized carbons (Fsp3) is 0.647. The molecule has 1 saturated heterocycles. The van der Waals surface area contributed by atoms with E-state index in [0.29, 0.717) is 0 Å². The molecule has 0 bridgehead atoms. The first-order valence-corrected chi connectivity index (χ1v) is 8.46. The summed E-state index contributed by atoms with van der Waals surface area (Å²) in [6, 6.07) is 6.15. The molecule has 21 heavy (non-hydrogen) atoms. The topological polar surface area (TPSA) is 24.5 Å². The second-order valence-electron chi connectivity index (χ2n) is 5.71. The number of benzene rings is 1. The minimum atomic E-state index is 0.252. The monoisotopic (exact) mass is 310 g/mol. The lowest BCUT2D eigenvalue weighted by Crippen LogP contribution is -2.22. The van der Waals surface area contributed by atoms with Crippen LogP contribution in [0.4, 0.5) is 0 Å².